The predicted octanol–water partition coefficient (Wildman–Crippen LogP) is 2.81. The number of nitrogens with one attached hydrogen (secondary N) is 1. The number of hydrogen-bond donors (Lipinski definition) is 1. The minimum absolute atomic E-state index is 0.0768. The van der Waals surface area contributed by atoms with Crippen LogP contribution in [0.2, 0.25) is 0 Å². The molecule has 0 radical (unpaired) electrons. The van der Waals surface area contributed by atoms with Crippen LogP contribution in [0.4, 0.5) is 8.78 Å². The first kappa shape index (κ1) is 10.9. The Kier molecular flexibility index (Phi) is 3.65. The molecule has 1 rings (SSSR count). The molecule has 1 saturated carbocycles. The molecule has 1 nitrogen and oxygen atoms in total. The second-order valence-electron chi connectivity index (χ2n) is 4.04. The number of halogens is 2. The van der Waals surface area contributed by atoms with Crippen LogP contribution in [0.5, 0.6) is 0 Å². The maximum atomic E-state index is 12.8. The highest BCUT2D eigenvalue weighted by atomic mass is 19.3. The Morgan fingerprint density at radius 1 is 1.38 bits per heavy atom. The zero-order valence-corrected chi connectivity index (χ0v) is 8.45. The Bertz CT molecular complexity index is 149. The van der Waals surface area contributed by atoms with E-state index in [1.165, 1.54) is 0 Å². The highest BCUT2D eigenvalue weighted by Crippen LogP contribution is 2.37. The number of rotatable bonds is 3. The minimum Gasteiger partial charge on any atom is -0.314 e. The molecule has 0 saturated heterocycles. The Morgan fingerprint density at radius 3 is 2.38 bits per heavy atom. The van der Waals surface area contributed by atoms with E-state index in [0.717, 1.165) is 6.54 Å². The van der Waals surface area contributed by atoms with Crippen molar-refractivity contribution in [2.75, 3.05) is 6.54 Å². The molecule has 0 amide bonds. The van der Waals surface area contributed by atoms with Crippen LogP contribution < -0.4 is 5.32 Å². The van der Waals surface area contributed by atoms with E-state index in [9.17, 15) is 8.78 Å². The smallest absolute Gasteiger partial charge is 0.248 e. The summed E-state index contributed by atoms with van der Waals surface area (Å²) in [5.74, 6) is -1.94. The van der Waals surface area contributed by atoms with Gasteiger partial charge in [0.05, 0.1) is 0 Å². The second-order valence-corrected chi connectivity index (χ2v) is 4.04. The van der Waals surface area contributed by atoms with Crippen molar-refractivity contribution < 1.29 is 8.78 Å². The summed E-state index contributed by atoms with van der Waals surface area (Å²) in [6.45, 7) is 5.07. The van der Waals surface area contributed by atoms with Crippen LogP contribution in [-0.2, 0) is 0 Å². The third-order valence-electron chi connectivity index (χ3n) is 2.99. The molecule has 3 heteroatoms. The zero-order valence-electron chi connectivity index (χ0n) is 8.45. The largest absolute Gasteiger partial charge is 0.314 e. The maximum absolute atomic E-state index is 12.8. The zero-order chi connectivity index (χ0) is 9.90. The lowest BCUT2D eigenvalue weighted by Gasteiger charge is -2.32. The first-order valence-electron chi connectivity index (χ1n) is 5.16. The monoisotopic (exact) mass is 191 g/mol. The summed E-state index contributed by atoms with van der Waals surface area (Å²) in [7, 11) is 0. The Hall–Kier alpha value is -0.180. The summed E-state index contributed by atoms with van der Waals surface area (Å²) in [6, 6.07) is 0.390. The van der Waals surface area contributed by atoms with Gasteiger partial charge in [-0.15, -0.1) is 0 Å². The standard InChI is InChI=1S/C10H19F2N/c1-3-13-8(2)9-4-6-10(11,12)7-5-9/h8-9,13H,3-7H2,1-2H3. The van der Waals surface area contributed by atoms with Crippen LogP contribution in [0.1, 0.15) is 39.5 Å². The van der Waals surface area contributed by atoms with Crippen LogP contribution in [0.25, 0.3) is 0 Å². The van der Waals surface area contributed by atoms with Crippen molar-refractivity contribution >= 4 is 0 Å². The molecule has 1 unspecified atom stereocenters. The third kappa shape index (κ3) is 3.22. The van der Waals surface area contributed by atoms with Gasteiger partial charge in [0.1, 0.15) is 0 Å². The molecule has 1 fully saturated rings. The molecule has 1 N–H and O–H groups in total. The van der Waals surface area contributed by atoms with Gasteiger partial charge in [-0.2, -0.15) is 0 Å². The van der Waals surface area contributed by atoms with Crippen molar-refractivity contribution in [3.05, 3.63) is 0 Å². The molecule has 0 aliphatic heterocycles. The average molecular weight is 191 g/mol. The van der Waals surface area contributed by atoms with E-state index in [1.807, 2.05) is 6.92 Å². The molecule has 1 aliphatic rings. The van der Waals surface area contributed by atoms with Gasteiger partial charge in [0.15, 0.2) is 0 Å². The Balaban J connectivity index is 2.32. The summed E-state index contributed by atoms with van der Waals surface area (Å²) in [6.07, 6.45) is 1.49. The molecular weight excluding hydrogens is 172 g/mol. The van der Waals surface area contributed by atoms with E-state index >= 15 is 0 Å². The van der Waals surface area contributed by atoms with Gasteiger partial charge in [-0.05, 0) is 32.2 Å². The van der Waals surface area contributed by atoms with Gasteiger partial charge in [0.2, 0.25) is 5.92 Å². The lowest BCUT2D eigenvalue weighted by Crippen LogP contribution is -2.37. The molecule has 78 valence electrons. The summed E-state index contributed by atoms with van der Waals surface area (Å²) < 4.78 is 25.6. The van der Waals surface area contributed by atoms with Crippen LogP contribution in [0, 0.1) is 5.92 Å². The first-order valence-corrected chi connectivity index (χ1v) is 5.16. The van der Waals surface area contributed by atoms with Crippen LogP contribution >= 0.6 is 0 Å². The van der Waals surface area contributed by atoms with Crippen molar-refractivity contribution in [1.82, 2.24) is 5.32 Å². The molecule has 1 aliphatic carbocycles. The second kappa shape index (κ2) is 4.36. The van der Waals surface area contributed by atoms with Gasteiger partial charge >= 0.3 is 0 Å². The SMILES string of the molecule is CCNC(C)C1CCC(F)(F)CC1. The van der Waals surface area contributed by atoms with Crippen molar-refractivity contribution in [2.45, 2.75) is 51.5 Å². The van der Waals surface area contributed by atoms with E-state index < -0.39 is 5.92 Å². The maximum Gasteiger partial charge on any atom is 0.248 e. The Morgan fingerprint density at radius 2 is 1.92 bits per heavy atom. The van der Waals surface area contributed by atoms with Gasteiger partial charge < -0.3 is 5.32 Å². The fourth-order valence-electron chi connectivity index (χ4n) is 2.05. The van der Waals surface area contributed by atoms with Crippen LogP contribution in [0.15, 0.2) is 0 Å². The lowest BCUT2D eigenvalue weighted by atomic mass is 9.82. The summed E-state index contributed by atoms with van der Waals surface area (Å²) in [5, 5.41) is 3.30. The minimum atomic E-state index is -2.39. The van der Waals surface area contributed by atoms with E-state index in [-0.39, 0.29) is 12.8 Å². The molecule has 0 aromatic rings. The molecule has 0 spiro atoms. The van der Waals surface area contributed by atoms with Gasteiger partial charge in [-0.3, -0.25) is 0 Å². The lowest BCUT2D eigenvalue weighted by molar-refractivity contribution is -0.0487. The molecule has 1 atom stereocenters. The number of hydrogen-bond acceptors (Lipinski definition) is 1. The molecule has 13 heavy (non-hydrogen) atoms. The van der Waals surface area contributed by atoms with Gasteiger partial charge in [-0.1, -0.05) is 6.92 Å². The van der Waals surface area contributed by atoms with Gasteiger partial charge in [0.25, 0.3) is 0 Å². The molecular formula is C10H19F2N. The van der Waals surface area contributed by atoms with E-state index in [1.54, 1.807) is 0 Å². The molecule has 0 bridgehead atoms. The van der Waals surface area contributed by atoms with E-state index in [0.29, 0.717) is 24.8 Å². The van der Waals surface area contributed by atoms with Crippen molar-refractivity contribution in [3.8, 4) is 0 Å². The van der Waals surface area contributed by atoms with Crippen molar-refractivity contribution in [1.29, 1.82) is 0 Å². The Labute approximate surface area is 78.9 Å². The highest BCUT2D eigenvalue weighted by Gasteiger charge is 2.36. The predicted molar refractivity (Wildman–Crippen MR) is 50.0 cm³/mol. The van der Waals surface area contributed by atoms with E-state index in [4.69, 9.17) is 0 Å². The third-order valence-corrected chi connectivity index (χ3v) is 2.99. The normalized spacial score (nSPS) is 25.8. The molecule has 0 aromatic carbocycles. The fourth-order valence-corrected chi connectivity index (χ4v) is 2.05. The van der Waals surface area contributed by atoms with Crippen molar-refractivity contribution in [3.63, 3.8) is 0 Å². The van der Waals surface area contributed by atoms with Crippen LogP contribution in [-0.4, -0.2) is 18.5 Å². The molecule has 0 heterocycles. The fraction of sp³-hybridized carbons (Fsp3) is 1.00. The summed E-state index contributed by atoms with van der Waals surface area (Å²) in [5.41, 5.74) is 0. The summed E-state index contributed by atoms with van der Waals surface area (Å²) in [4.78, 5) is 0. The summed E-state index contributed by atoms with van der Waals surface area (Å²) >= 11 is 0. The van der Waals surface area contributed by atoms with E-state index in [2.05, 4.69) is 12.2 Å². The van der Waals surface area contributed by atoms with Gasteiger partial charge in [-0.25, -0.2) is 8.78 Å². The van der Waals surface area contributed by atoms with Crippen LogP contribution in [0.3, 0.4) is 0 Å². The van der Waals surface area contributed by atoms with Gasteiger partial charge in [0, 0.05) is 18.9 Å². The van der Waals surface area contributed by atoms with Crippen molar-refractivity contribution in [2.24, 2.45) is 5.92 Å². The highest BCUT2D eigenvalue weighted by molar-refractivity contribution is 4.82. The topological polar surface area (TPSA) is 12.0 Å². The quantitative estimate of drug-likeness (QED) is 0.723. The molecule has 0 aromatic heterocycles. The average Bonchev–Trinajstić information content (AvgIpc) is 2.04. The first-order chi connectivity index (χ1) is 6.05. The number of alkyl halides is 2.